The van der Waals surface area contributed by atoms with Crippen LogP contribution in [0.5, 0.6) is 0 Å². The van der Waals surface area contributed by atoms with Crippen molar-refractivity contribution in [2.45, 2.75) is 50.3 Å². The third-order valence-corrected chi connectivity index (χ3v) is 5.46. The molecule has 0 aliphatic heterocycles. The van der Waals surface area contributed by atoms with Crippen molar-refractivity contribution in [1.82, 2.24) is 14.5 Å². The number of aryl methyl sites for hydroxylation is 2. The van der Waals surface area contributed by atoms with Crippen LogP contribution in [0.4, 0.5) is 0 Å². The van der Waals surface area contributed by atoms with Gasteiger partial charge in [0.15, 0.2) is 0 Å². The van der Waals surface area contributed by atoms with Crippen molar-refractivity contribution in [2.75, 3.05) is 6.61 Å². The van der Waals surface area contributed by atoms with Gasteiger partial charge in [0.05, 0.1) is 23.5 Å². The largest absolute Gasteiger partial charge is 0.377 e. The molecular formula is C12H22N4O3S. The van der Waals surface area contributed by atoms with Gasteiger partial charge in [-0.05, 0) is 27.2 Å². The van der Waals surface area contributed by atoms with E-state index in [1.807, 2.05) is 6.92 Å². The lowest BCUT2D eigenvalue weighted by molar-refractivity contribution is -0.0248. The van der Waals surface area contributed by atoms with E-state index >= 15 is 0 Å². The van der Waals surface area contributed by atoms with E-state index < -0.39 is 10.0 Å². The number of nitrogens with two attached hydrogens (primary N) is 1. The molecule has 7 nitrogen and oxygen atoms in total. The van der Waals surface area contributed by atoms with Gasteiger partial charge < -0.3 is 10.5 Å². The van der Waals surface area contributed by atoms with Gasteiger partial charge in [-0.1, -0.05) is 0 Å². The van der Waals surface area contributed by atoms with Crippen molar-refractivity contribution in [1.29, 1.82) is 0 Å². The van der Waals surface area contributed by atoms with Gasteiger partial charge in [-0.25, -0.2) is 13.1 Å². The number of nitrogens with one attached hydrogen (secondary N) is 1. The summed E-state index contributed by atoms with van der Waals surface area (Å²) < 4.78 is 34.7. The second kappa shape index (κ2) is 5.44. The van der Waals surface area contributed by atoms with Gasteiger partial charge in [0.2, 0.25) is 10.0 Å². The van der Waals surface area contributed by atoms with Crippen LogP contribution in [0.2, 0.25) is 0 Å². The molecule has 3 atom stereocenters. The van der Waals surface area contributed by atoms with Crippen LogP contribution in [0.1, 0.15) is 24.7 Å². The Labute approximate surface area is 119 Å². The Morgan fingerprint density at radius 1 is 1.50 bits per heavy atom. The van der Waals surface area contributed by atoms with E-state index in [-0.39, 0.29) is 23.1 Å². The zero-order chi connectivity index (χ0) is 15.1. The topological polar surface area (TPSA) is 99.2 Å². The van der Waals surface area contributed by atoms with Gasteiger partial charge >= 0.3 is 0 Å². The zero-order valence-electron chi connectivity index (χ0n) is 12.3. The Morgan fingerprint density at radius 2 is 2.15 bits per heavy atom. The van der Waals surface area contributed by atoms with E-state index in [2.05, 4.69) is 9.82 Å². The van der Waals surface area contributed by atoms with Crippen LogP contribution in [0.15, 0.2) is 4.90 Å². The molecule has 3 N–H and O–H groups in total. The third-order valence-electron chi connectivity index (χ3n) is 3.75. The Morgan fingerprint density at radius 3 is 2.60 bits per heavy atom. The second-order valence-electron chi connectivity index (χ2n) is 5.16. The summed E-state index contributed by atoms with van der Waals surface area (Å²) in [5, 5.41) is 4.14. The van der Waals surface area contributed by atoms with E-state index in [1.165, 1.54) is 0 Å². The lowest BCUT2D eigenvalue weighted by Gasteiger charge is -2.42. The van der Waals surface area contributed by atoms with Crippen molar-refractivity contribution in [3.8, 4) is 0 Å². The summed E-state index contributed by atoms with van der Waals surface area (Å²) in [6, 6.07) is -0.586. The van der Waals surface area contributed by atoms with Crippen molar-refractivity contribution < 1.29 is 13.2 Å². The molecule has 1 aliphatic rings. The highest BCUT2D eigenvalue weighted by molar-refractivity contribution is 7.89. The summed E-state index contributed by atoms with van der Waals surface area (Å²) in [5.74, 6) is 0. The normalized spacial score (nSPS) is 26.6. The molecule has 1 fully saturated rings. The summed E-state index contributed by atoms with van der Waals surface area (Å²) in [7, 11) is -1.92. The van der Waals surface area contributed by atoms with E-state index in [0.717, 1.165) is 0 Å². The maximum Gasteiger partial charge on any atom is 0.244 e. The molecule has 0 radical (unpaired) electrons. The average molecular weight is 302 g/mol. The van der Waals surface area contributed by atoms with Crippen LogP contribution in [-0.4, -0.2) is 43.0 Å². The Hall–Kier alpha value is -0.960. The summed E-state index contributed by atoms with van der Waals surface area (Å²) in [6.07, 6.45) is 0.522. The van der Waals surface area contributed by atoms with Crippen molar-refractivity contribution in [3.63, 3.8) is 0 Å². The van der Waals surface area contributed by atoms with Gasteiger partial charge in [-0.15, -0.1) is 0 Å². The van der Waals surface area contributed by atoms with E-state index in [4.69, 9.17) is 10.5 Å². The minimum atomic E-state index is -3.64. The molecular weight excluding hydrogens is 280 g/mol. The minimum absolute atomic E-state index is 0.151. The molecule has 2 rings (SSSR count). The molecule has 1 saturated carbocycles. The average Bonchev–Trinajstić information content (AvgIpc) is 2.61. The maximum absolute atomic E-state index is 12.5. The lowest BCUT2D eigenvalue weighted by atomic mass is 9.84. The molecule has 1 aliphatic carbocycles. The SMILES string of the molecule is CCOC1CC(N)C1NS(=O)(=O)c1c(C)nn(C)c1C. The maximum atomic E-state index is 12.5. The second-order valence-corrected chi connectivity index (χ2v) is 6.81. The van der Waals surface area contributed by atoms with Gasteiger partial charge in [0.25, 0.3) is 0 Å². The van der Waals surface area contributed by atoms with Crippen LogP contribution < -0.4 is 10.5 Å². The molecule has 3 unspecified atom stereocenters. The molecule has 0 aromatic carbocycles. The van der Waals surface area contributed by atoms with Crippen molar-refractivity contribution >= 4 is 10.0 Å². The first-order chi connectivity index (χ1) is 9.27. The van der Waals surface area contributed by atoms with Crippen LogP contribution in [-0.2, 0) is 21.8 Å². The predicted octanol–water partition coefficient (Wildman–Crippen LogP) is -0.180. The highest BCUT2D eigenvalue weighted by Gasteiger charge is 2.42. The fraction of sp³-hybridized carbons (Fsp3) is 0.750. The highest BCUT2D eigenvalue weighted by atomic mass is 32.2. The number of sulfonamides is 1. The number of hydrogen-bond acceptors (Lipinski definition) is 5. The first kappa shape index (κ1) is 15.4. The Balaban J connectivity index is 2.23. The molecule has 0 amide bonds. The number of nitrogens with zero attached hydrogens (tertiary/aromatic N) is 2. The molecule has 8 heteroatoms. The smallest absolute Gasteiger partial charge is 0.244 e. The fourth-order valence-electron chi connectivity index (χ4n) is 2.57. The number of aromatic nitrogens is 2. The summed E-state index contributed by atoms with van der Waals surface area (Å²) >= 11 is 0. The van der Waals surface area contributed by atoms with Crippen LogP contribution in [0.25, 0.3) is 0 Å². The van der Waals surface area contributed by atoms with Gasteiger partial charge in [0, 0.05) is 19.7 Å². The van der Waals surface area contributed by atoms with E-state index in [0.29, 0.717) is 24.4 Å². The molecule has 20 heavy (non-hydrogen) atoms. The van der Waals surface area contributed by atoms with Crippen LogP contribution in [0.3, 0.4) is 0 Å². The molecule has 1 aromatic heterocycles. The number of ether oxygens (including phenoxy) is 1. The van der Waals surface area contributed by atoms with E-state index in [9.17, 15) is 8.42 Å². The Kier molecular flexibility index (Phi) is 4.19. The standard InChI is InChI=1S/C12H22N4O3S/c1-5-19-10-6-9(13)11(10)15-20(17,18)12-7(2)14-16(4)8(12)3/h9-11,15H,5-6,13H2,1-4H3. The summed E-state index contributed by atoms with van der Waals surface area (Å²) in [5.41, 5.74) is 6.97. The van der Waals surface area contributed by atoms with Crippen LogP contribution in [0, 0.1) is 13.8 Å². The number of hydrogen-bond donors (Lipinski definition) is 2. The predicted molar refractivity (Wildman–Crippen MR) is 74.8 cm³/mol. The first-order valence-electron chi connectivity index (χ1n) is 6.67. The summed E-state index contributed by atoms with van der Waals surface area (Å²) in [6.45, 7) is 5.84. The summed E-state index contributed by atoms with van der Waals surface area (Å²) in [4.78, 5) is 0.231. The number of rotatable bonds is 5. The lowest BCUT2D eigenvalue weighted by Crippen LogP contribution is -2.64. The van der Waals surface area contributed by atoms with Crippen LogP contribution >= 0.6 is 0 Å². The minimum Gasteiger partial charge on any atom is -0.377 e. The molecule has 0 bridgehead atoms. The van der Waals surface area contributed by atoms with Gasteiger partial charge in [-0.3, -0.25) is 4.68 Å². The highest BCUT2D eigenvalue weighted by Crippen LogP contribution is 2.26. The quantitative estimate of drug-likeness (QED) is 0.786. The van der Waals surface area contributed by atoms with Gasteiger partial charge in [0.1, 0.15) is 4.90 Å². The Bertz CT molecular complexity index is 594. The zero-order valence-corrected chi connectivity index (χ0v) is 13.1. The van der Waals surface area contributed by atoms with E-state index in [1.54, 1.807) is 25.6 Å². The molecule has 0 spiro atoms. The van der Waals surface area contributed by atoms with Gasteiger partial charge in [-0.2, -0.15) is 5.10 Å². The molecule has 114 valence electrons. The molecule has 1 aromatic rings. The molecule has 1 heterocycles. The third kappa shape index (κ3) is 2.60. The first-order valence-corrected chi connectivity index (χ1v) is 8.16. The van der Waals surface area contributed by atoms with Crippen molar-refractivity contribution in [2.24, 2.45) is 12.8 Å². The fourth-order valence-corrected chi connectivity index (χ4v) is 4.33. The molecule has 0 saturated heterocycles. The monoisotopic (exact) mass is 302 g/mol. The van der Waals surface area contributed by atoms with Crippen molar-refractivity contribution in [3.05, 3.63) is 11.4 Å².